The molecule has 0 spiro atoms. The fourth-order valence-corrected chi connectivity index (χ4v) is 17.2. The van der Waals surface area contributed by atoms with Crippen molar-refractivity contribution < 1.29 is 86.0 Å². The van der Waals surface area contributed by atoms with Gasteiger partial charge in [0, 0.05) is 110 Å². The molecule has 0 aromatic rings. The molecular weight excluding hydrogens is 1290 g/mol. The van der Waals surface area contributed by atoms with Gasteiger partial charge in [0.15, 0.2) is 29.6 Å². The molecule has 6 fully saturated rings. The van der Waals surface area contributed by atoms with E-state index in [4.69, 9.17) is 58.4 Å². The smallest absolute Gasteiger partial charge is 0.410 e. The summed E-state index contributed by atoms with van der Waals surface area (Å²) in [6.07, 6.45) is -2.66. The standard InChI is InChI=1S/C36H63N5O9.C36H61N5O9/c2*1-13-27-36(9)30(41(34(45)50-36)17-15-14-16-38-39-37)23(5)28(42)20(2)19-35(8,46-12)31(24(6)29(43)25(7)32(44)48-27)49-33-22(4)26(40(10)11)18-21(3)47-33/h20-27,29-31,33,43H,13-19H2,1-12H3;20-27,30-31,33H,13-19H2,1-12H3/t20-,21-,22?,23+,24+,25-,26+,27-,29+,30-,31-,33?,35+,36-;20-,21-,22?,23+,24+,25-,26+,27-,30-,31-,33?,35+,36-/m11/s1. The fourth-order valence-electron chi connectivity index (χ4n) is 17.2. The van der Waals surface area contributed by atoms with Crippen molar-refractivity contribution in [3.8, 4) is 0 Å². The minimum absolute atomic E-state index is 0.0261. The third-order valence-corrected chi connectivity index (χ3v) is 23.2. The second-order valence-corrected chi connectivity index (χ2v) is 31.0. The van der Waals surface area contributed by atoms with Crippen LogP contribution in [-0.4, -0.2) is 237 Å². The van der Waals surface area contributed by atoms with E-state index in [1.54, 1.807) is 53.6 Å². The van der Waals surface area contributed by atoms with Crippen molar-refractivity contribution in [2.45, 2.75) is 291 Å². The first-order valence-corrected chi connectivity index (χ1v) is 36.5. The minimum Gasteiger partial charge on any atom is -0.458 e. The van der Waals surface area contributed by atoms with Crippen LogP contribution in [0.15, 0.2) is 10.2 Å². The van der Waals surface area contributed by atoms with Crippen molar-refractivity contribution in [2.75, 3.05) is 68.6 Å². The Labute approximate surface area is 594 Å². The quantitative estimate of drug-likeness (QED) is 0.0225. The predicted molar refractivity (Wildman–Crippen MR) is 373 cm³/mol. The van der Waals surface area contributed by atoms with Crippen LogP contribution in [0.25, 0.3) is 20.9 Å². The molecule has 6 heterocycles. The Morgan fingerprint density at radius 2 is 0.920 bits per heavy atom. The molecule has 28 heteroatoms. The SMILES string of the molecule is CC[C@H]1OC(=O)[C@H](C)C(=O)[C@H](C)[C@@H](OC2O[C@H](C)C[C@H](N(C)C)C2C)[C@@](C)(OC)C[C@@H](C)C(=O)[C@H](C)[C@H]2N(CCCCN=[N+]=[N-])C(=O)O[C@]12C.CC[C@H]1OC(=O)[C@H](C)[C@@H](O)[C@H](C)[C@@H](OC2O[C@H](C)C[C@H](N(C)C)C2C)[C@@](C)(OC)C[C@@H](C)C(=O)[C@H](C)[C@H]2N(CCCCN=[N+]=[N-])C(=O)O[C@]12C. The molecule has 6 aliphatic heterocycles. The number of carbonyl (C=O) groups is 7. The summed E-state index contributed by atoms with van der Waals surface area (Å²) in [7, 11) is 11.2. The van der Waals surface area contributed by atoms with Crippen LogP contribution in [-0.2, 0) is 71.3 Å². The number of aliphatic hydroxyl groups is 1. The summed E-state index contributed by atoms with van der Waals surface area (Å²) in [4.78, 5) is 111. The van der Waals surface area contributed by atoms with Gasteiger partial charge < -0.3 is 72.1 Å². The van der Waals surface area contributed by atoms with Crippen molar-refractivity contribution in [1.82, 2.24) is 19.6 Å². The van der Waals surface area contributed by atoms with Crippen LogP contribution < -0.4 is 0 Å². The Morgan fingerprint density at radius 1 is 0.540 bits per heavy atom. The molecule has 0 aliphatic carbocycles. The second-order valence-electron chi connectivity index (χ2n) is 31.0. The van der Waals surface area contributed by atoms with Crippen molar-refractivity contribution in [3.63, 3.8) is 0 Å². The van der Waals surface area contributed by atoms with Gasteiger partial charge in [-0.3, -0.25) is 24.0 Å². The van der Waals surface area contributed by atoms with Crippen LogP contribution in [0.1, 0.15) is 189 Å². The summed E-state index contributed by atoms with van der Waals surface area (Å²) in [5.41, 5.74) is 12.3. The molecular formula is C72H124N10O18. The first kappa shape index (κ1) is 85.4. The van der Waals surface area contributed by atoms with Crippen molar-refractivity contribution in [3.05, 3.63) is 20.9 Å². The van der Waals surface area contributed by atoms with Gasteiger partial charge in [0.25, 0.3) is 0 Å². The zero-order valence-electron chi connectivity index (χ0n) is 64.5. The van der Waals surface area contributed by atoms with Gasteiger partial charge in [-0.25, -0.2) is 9.59 Å². The molecule has 2 amide bonds. The third-order valence-electron chi connectivity index (χ3n) is 23.2. The van der Waals surface area contributed by atoms with Gasteiger partial charge in [-0.05, 0) is 159 Å². The number of ether oxygens (including phenoxy) is 10. The lowest BCUT2D eigenvalue weighted by Gasteiger charge is -2.48. The molecule has 4 unspecified atom stereocenters. The molecule has 0 aromatic carbocycles. The number of methoxy groups -OCH3 is 2. The van der Waals surface area contributed by atoms with Crippen molar-refractivity contribution in [2.24, 2.45) is 69.4 Å². The summed E-state index contributed by atoms with van der Waals surface area (Å²) >= 11 is 0. The van der Waals surface area contributed by atoms with Gasteiger partial charge in [-0.15, -0.1) is 0 Å². The Hall–Kier alpha value is -5.25. The van der Waals surface area contributed by atoms with Gasteiger partial charge in [0.2, 0.25) is 0 Å². The van der Waals surface area contributed by atoms with Crippen LogP contribution in [0.2, 0.25) is 0 Å². The molecule has 27 atom stereocenters. The van der Waals surface area contributed by atoms with E-state index in [1.165, 1.54) is 18.9 Å². The van der Waals surface area contributed by atoms with Crippen LogP contribution in [0, 0.1) is 59.2 Å². The largest absolute Gasteiger partial charge is 0.458 e. The number of hydrogen-bond donors (Lipinski definition) is 1. The topological polar surface area (TPSA) is 342 Å². The molecule has 0 bridgehead atoms. The van der Waals surface area contributed by atoms with Crippen LogP contribution in [0.4, 0.5) is 9.59 Å². The zero-order chi connectivity index (χ0) is 75.4. The van der Waals surface area contributed by atoms with Gasteiger partial charge in [-0.1, -0.05) is 79.5 Å². The molecule has 6 saturated heterocycles. The van der Waals surface area contributed by atoms with E-state index >= 15 is 0 Å². The third kappa shape index (κ3) is 19.0. The minimum atomic E-state index is -1.38. The van der Waals surface area contributed by atoms with E-state index < -0.39 is 155 Å². The fraction of sp³-hybridized carbons (Fsp3) is 0.903. The molecule has 6 rings (SSSR count). The number of amides is 2. The van der Waals surface area contributed by atoms with E-state index in [2.05, 4.69) is 43.7 Å². The van der Waals surface area contributed by atoms with Crippen molar-refractivity contribution in [1.29, 1.82) is 0 Å². The van der Waals surface area contributed by atoms with Gasteiger partial charge >= 0.3 is 24.1 Å². The molecule has 0 aromatic heterocycles. The number of cyclic esters (lactones) is 2. The molecule has 570 valence electrons. The van der Waals surface area contributed by atoms with Crippen molar-refractivity contribution >= 4 is 41.5 Å². The van der Waals surface area contributed by atoms with E-state index in [0.29, 0.717) is 32.1 Å². The van der Waals surface area contributed by atoms with Crippen LogP contribution in [0.5, 0.6) is 0 Å². The number of unbranched alkanes of at least 4 members (excludes halogenated alkanes) is 2. The van der Waals surface area contributed by atoms with Gasteiger partial charge in [0.05, 0.1) is 59.7 Å². The number of nitrogens with zero attached hydrogens (tertiary/aromatic N) is 10. The maximum atomic E-state index is 14.5. The summed E-state index contributed by atoms with van der Waals surface area (Å²) in [6.45, 7) is 33.9. The number of ketones is 3. The lowest BCUT2D eigenvalue weighted by Crippen LogP contribution is -2.59. The normalized spacial score (nSPS) is 41.2. The highest BCUT2D eigenvalue weighted by Crippen LogP contribution is 2.47. The average Bonchev–Trinajstić information content (AvgIpc) is 1.61. The number of hydrogen-bond acceptors (Lipinski definition) is 22. The maximum Gasteiger partial charge on any atom is 0.410 e. The number of azide groups is 2. The lowest BCUT2D eigenvalue weighted by atomic mass is 9.73. The molecule has 6 aliphatic rings. The number of aliphatic hydroxyl groups excluding tert-OH is 1. The van der Waals surface area contributed by atoms with E-state index in [0.717, 1.165) is 12.8 Å². The highest BCUT2D eigenvalue weighted by molar-refractivity contribution is 6.00. The van der Waals surface area contributed by atoms with E-state index in [9.17, 15) is 38.7 Å². The predicted octanol–water partition coefficient (Wildman–Crippen LogP) is 10.9. The molecule has 0 radical (unpaired) electrons. The summed E-state index contributed by atoms with van der Waals surface area (Å²) < 4.78 is 63.1. The summed E-state index contributed by atoms with van der Waals surface area (Å²) in [5.74, 6) is -8.32. The molecule has 1 N–H and O–H groups in total. The molecule has 100 heavy (non-hydrogen) atoms. The first-order chi connectivity index (χ1) is 46.8. The average molecular weight is 1420 g/mol. The summed E-state index contributed by atoms with van der Waals surface area (Å²) in [6, 6.07) is -1.19. The Bertz CT molecular complexity index is 2880. The molecule has 28 nitrogen and oxygen atoms in total. The number of rotatable bonds is 20. The van der Waals surface area contributed by atoms with Crippen LogP contribution in [0.3, 0.4) is 0 Å². The Balaban J connectivity index is 0.000000361. The number of fused-ring (bicyclic) bond motifs is 2. The van der Waals surface area contributed by atoms with Gasteiger partial charge in [-0.2, -0.15) is 0 Å². The molecule has 0 saturated carbocycles. The highest BCUT2D eigenvalue weighted by Gasteiger charge is 2.63. The van der Waals surface area contributed by atoms with Gasteiger partial charge in [0.1, 0.15) is 29.7 Å². The van der Waals surface area contributed by atoms with Crippen LogP contribution >= 0.6 is 0 Å². The first-order valence-electron chi connectivity index (χ1n) is 36.5. The number of esters is 2. The Kier molecular flexibility index (Phi) is 31.1. The zero-order valence-corrected chi connectivity index (χ0v) is 64.5. The second kappa shape index (κ2) is 36.4. The maximum absolute atomic E-state index is 14.5. The lowest BCUT2D eigenvalue weighted by molar-refractivity contribution is -0.288. The summed E-state index contributed by atoms with van der Waals surface area (Å²) in [5, 5.41) is 19.0. The monoisotopic (exact) mass is 1420 g/mol. The Morgan fingerprint density at radius 3 is 1.29 bits per heavy atom. The van der Waals surface area contributed by atoms with E-state index in [-0.39, 0.29) is 93.1 Å². The number of carbonyl (C=O) groups excluding carboxylic acids is 7. The highest BCUT2D eigenvalue weighted by atomic mass is 16.7. The van der Waals surface area contributed by atoms with E-state index in [1.807, 2.05) is 90.5 Å². The number of Topliss-reactive ketones (excluding diaryl/α,β-unsaturated/α-hetero) is 3.